The summed E-state index contributed by atoms with van der Waals surface area (Å²) >= 11 is 1.03. The van der Waals surface area contributed by atoms with Crippen molar-refractivity contribution in [2.24, 2.45) is 5.92 Å². The maximum atomic E-state index is 12.9. The van der Waals surface area contributed by atoms with Crippen molar-refractivity contribution in [2.75, 3.05) is 13.1 Å². The molecule has 1 N–H and O–H groups in total. The quantitative estimate of drug-likeness (QED) is 0.844. The Hall–Kier alpha value is -1.77. The van der Waals surface area contributed by atoms with Crippen molar-refractivity contribution in [2.45, 2.75) is 30.5 Å². The first-order valence-electron chi connectivity index (χ1n) is 8.47. The van der Waals surface area contributed by atoms with Crippen LogP contribution >= 0.6 is 11.3 Å². The van der Waals surface area contributed by atoms with Crippen molar-refractivity contribution >= 4 is 27.3 Å². The highest BCUT2D eigenvalue weighted by Crippen LogP contribution is 2.24. The van der Waals surface area contributed by atoms with E-state index in [2.05, 4.69) is 11.6 Å². The first-order chi connectivity index (χ1) is 12.3. The molecule has 1 aromatic heterocycles. The minimum Gasteiger partial charge on any atom is -0.339 e. The number of nitrogens with one attached hydrogen (secondary N) is 1. The number of hydrogen-bond acceptors (Lipinski definition) is 4. The first-order valence-corrected chi connectivity index (χ1v) is 10.8. The lowest BCUT2D eigenvalue weighted by atomic mass is 9.99. The number of thiophene rings is 1. The first kappa shape index (κ1) is 19.0. The van der Waals surface area contributed by atoms with Crippen LogP contribution in [0.2, 0.25) is 0 Å². The fraction of sp³-hybridized carbons (Fsp3) is 0.389. The van der Waals surface area contributed by atoms with Crippen molar-refractivity contribution in [3.05, 3.63) is 52.7 Å². The number of likely N-dealkylation sites (tertiary alicyclic amines) is 1. The van der Waals surface area contributed by atoms with Gasteiger partial charge < -0.3 is 4.90 Å². The number of sulfonamides is 1. The van der Waals surface area contributed by atoms with Gasteiger partial charge in [-0.15, -0.1) is 11.3 Å². The molecule has 0 atom stereocenters. The van der Waals surface area contributed by atoms with Crippen LogP contribution in [-0.2, 0) is 16.6 Å². The lowest BCUT2D eigenvalue weighted by molar-refractivity contribution is 0.0697. The van der Waals surface area contributed by atoms with Crippen molar-refractivity contribution < 1.29 is 17.6 Å². The highest BCUT2D eigenvalue weighted by Gasteiger charge is 2.24. The Morgan fingerprint density at radius 2 is 1.92 bits per heavy atom. The monoisotopic (exact) mass is 396 g/mol. The Balaban J connectivity index is 1.65. The fourth-order valence-electron chi connectivity index (χ4n) is 2.82. The van der Waals surface area contributed by atoms with Crippen LogP contribution in [0.3, 0.4) is 0 Å². The van der Waals surface area contributed by atoms with Gasteiger partial charge in [-0.25, -0.2) is 17.5 Å². The maximum absolute atomic E-state index is 12.9. The van der Waals surface area contributed by atoms with E-state index in [1.165, 1.54) is 30.3 Å². The third kappa shape index (κ3) is 4.49. The second-order valence-corrected chi connectivity index (χ2v) is 9.49. The molecule has 5 nitrogen and oxygen atoms in total. The zero-order chi connectivity index (χ0) is 18.7. The van der Waals surface area contributed by atoms with E-state index in [9.17, 15) is 17.6 Å². The van der Waals surface area contributed by atoms with Crippen LogP contribution in [0.5, 0.6) is 0 Å². The molecule has 2 heterocycles. The van der Waals surface area contributed by atoms with Crippen molar-refractivity contribution in [1.82, 2.24) is 9.62 Å². The molecular weight excluding hydrogens is 375 g/mol. The van der Waals surface area contributed by atoms with Crippen LogP contribution in [0, 0.1) is 11.7 Å². The highest BCUT2D eigenvalue weighted by molar-refractivity contribution is 7.91. The summed E-state index contributed by atoms with van der Waals surface area (Å²) in [5, 5.41) is 1.59. The Labute approximate surface area is 156 Å². The summed E-state index contributed by atoms with van der Waals surface area (Å²) in [6.07, 6.45) is 1.94. The predicted molar refractivity (Wildman–Crippen MR) is 99.0 cm³/mol. The SMILES string of the molecule is CC1CCN(C(=O)c2csc(S(=O)(=O)NCc3ccc(F)cc3)c2)CC1. The van der Waals surface area contributed by atoms with Gasteiger partial charge >= 0.3 is 0 Å². The number of piperidine rings is 1. The number of benzene rings is 1. The Bertz CT molecular complexity index is 870. The number of halogens is 1. The van der Waals surface area contributed by atoms with E-state index in [0.717, 1.165) is 24.2 Å². The number of amides is 1. The van der Waals surface area contributed by atoms with Crippen molar-refractivity contribution in [3.63, 3.8) is 0 Å². The molecule has 0 spiro atoms. The number of nitrogens with zero attached hydrogens (tertiary/aromatic N) is 1. The van der Waals surface area contributed by atoms with Crippen LogP contribution in [0.25, 0.3) is 0 Å². The largest absolute Gasteiger partial charge is 0.339 e. The molecule has 8 heteroatoms. The van der Waals surface area contributed by atoms with E-state index in [-0.39, 0.29) is 22.5 Å². The molecule has 0 unspecified atom stereocenters. The van der Waals surface area contributed by atoms with Gasteiger partial charge in [0.05, 0.1) is 5.56 Å². The molecule has 2 aromatic rings. The average Bonchev–Trinajstić information content (AvgIpc) is 3.12. The van der Waals surface area contributed by atoms with Crippen LogP contribution in [0.1, 0.15) is 35.7 Å². The molecule has 1 aliphatic heterocycles. The second-order valence-electron chi connectivity index (χ2n) is 6.58. The van der Waals surface area contributed by atoms with E-state index in [1.807, 2.05) is 0 Å². The molecule has 1 fully saturated rings. The van der Waals surface area contributed by atoms with Gasteiger partial charge in [0.1, 0.15) is 10.0 Å². The van der Waals surface area contributed by atoms with E-state index in [4.69, 9.17) is 0 Å². The molecule has 0 aliphatic carbocycles. The average molecular weight is 397 g/mol. The van der Waals surface area contributed by atoms with E-state index in [0.29, 0.717) is 30.1 Å². The van der Waals surface area contributed by atoms with Crippen LogP contribution in [-0.4, -0.2) is 32.3 Å². The zero-order valence-corrected chi connectivity index (χ0v) is 16.1. The summed E-state index contributed by atoms with van der Waals surface area (Å²) in [7, 11) is -3.72. The van der Waals surface area contributed by atoms with E-state index in [1.54, 1.807) is 10.3 Å². The molecule has 0 saturated carbocycles. The van der Waals surface area contributed by atoms with E-state index >= 15 is 0 Å². The van der Waals surface area contributed by atoms with Gasteiger partial charge in [0.25, 0.3) is 5.91 Å². The van der Waals surface area contributed by atoms with Crippen LogP contribution in [0.4, 0.5) is 4.39 Å². The molecule has 1 amide bonds. The van der Waals surface area contributed by atoms with Crippen LogP contribution in [0.15, 0.2) is 39.9 Å². The molecule has 0 bridgehead atoms. The zero-order valence-electron chi connectivity index (χ0n) is 14.4. The van der Waals surface area contributed by atoms with E-state index < -0.39 is 10.0 Å². The Morgan fingerprint density at radius 1 is 1.27 bits per heavy atom. The molecule has 1 saturated heterocycles. The van der Waals surface area contributed by atoms with Crippen LogP contribution < -0.4 is 4.72 Å². The third-order valence-electron chi connectivity index (χ3n) is 4.54. The molecule has 26 heavy (non-hydrogen) atoms. The highest BCUT2D eigenvalue weighted by atomic mass is 32.2. The number of hydrogen-bond donors (Lipinski definition) is 1. The molecular formula is C18H21FN2O3S2. The van der Waals surface area contributed by atoms with Gasteiger partial charge in [0, 0.05) is 25.0 Å². The minimum absolute atomic E-state index is 0.0633. The number of carbonyl (C=O) groups is 1. The summed E-state index contributed by atoms with van der Waals surface area (Å²) in [6.45, 7) is 3.65. The summed E-state index contributed by atoms with van der Waals surface area (Å²) in [6, 6.07) is 7.05. The maximum Gasteiger partial charge on any atom is 0.254 e. The Morgan fingerprint density at radius 3 is 2.58 bits per heavy atom. The van der Waals surface area contributed by atoms with Gasteiger partial charge in [0.2, 0.25) is 10.0 Å². The van der Waals surface area contributed by atoms with Gasteiger partial charge in [-0.05, 0) is 42.5 Å². The van der Waals surface area contributed by atoms with Gasteiger partial charge in [-0.1, -0.05) is 19.1 Å². The fourth-order valence-corrected chi connectivity index (χ4v) is 5.03. The molecule has 0 radical (unpaired) electrons. The van der Waals surface area contributed by atoms with Gasteiger partial charge in [-0.2, -0.15) is 0 Å². The second kappa shape index (κ2) is 7.85. The third-order valence-corrected chi connectivity index (χ3v) is 7.38. The number of rotatable bonds is 5. The lowest BCUT2D eigenvalue weighted by Gasteiger charge is -2.30. The standard InChI is InChI=1S/C18H21FN2O3S2/c1-13-6-8-21(9-7-13)18(22)15-10-17(25-12-15)26(23,24)20-11-14-2-4-16(19)5-3-14/h2-5,10,12-13,20H,6-9,11H2,1H3. The Kier molecular flexibility index (Phi) is 5.74. The minimum atomic E-state index is -3.72. The smallest absolute Gasteiger partial charge is 0.254 e. The normalized spacial score (nSPS) is 16.0. The predicted octanol–water partition coefficient (Wildman–Crippen LogP) is 3.24. The summed E-state index contributed by atoms with van der Waals surface area (Å²) in [4.78, 5) is 14.3. The molecule has 140 valence electrons. The number of carbonyl (C=O) groups excluding carboxylic acids is 1. The van der Waals surface area contributed by atoms with Crippen molar-refractivity contribution in [3.8, 4) is 0 Å². The van der Waals surface area contributed by atoms with Crippen molar-refractivity contribution in [1.29, 1.82) is 0 Å². The molecule has 1 aliphatic rings. The van der Waals surface area contributed by atoms with Gasteiger partial charge in [0.15, 0.2) is 0 Å². The molecule has 1 aromatic carbocycles. The lowest BCUT2D eigenvalue weighted by Crippen LogP contribution is -2.37. The summed E-state index contributed by atoms with van der Waals surface area (Å²) in [5.41, 5.74) is 1.07. The summed E-state index contributed by atoms with van der Waals surface area (Å²) < 4.78 is 40.4. The van der Waals surface area contributed by atoms with Gasteiger partial charge in [-0.3, -0.25) is 4.79 Å². The summed E-state index contributed by atoms with van der Waals surface area (Å²) in [5.74, 6) is 0.131. The topological polar surface area (TPSA) is 66.5 Å². The molecule has 3 rings (SSSR count).